The van der Waals surface area contributed by atoms with Crippen LogP contribution in [0.4, 0.5) is 5.69 Å². The van der Waals surface area contributed by atoms with Crippen LogP contribution in [0.15, 0.2) is 72.9 Å². The van der Waals surface area contributed by atoms with Gasteiger partial charge in [-0.05, 0) is 31.2 Å². The molecule has 1 aromatic heterocycles. The SMILES string of the molecule is CCN(CC[n+]1cccc2ccccc21)c1ccccc1. The molecule has 0 radical (unpaired) electrons. The highest BCUT2D eigenvalue weighted by atomic mass is 15.1. The van der Waals surface area contributed by atoms with E-state index in [4.69, 9.17) is 0 Å². The third-order valence-corrected chi connectivity index (χ3v) is 3.90. The van der Waals surface area contributed by atoms with Gasteiger partial charge in [-0.1, -0.05) is 30.3 Å². The van der Waals surface area contributed by atoms with Gasteiger partial charge in [0.2, 0.25) is 5.52 Å². The topological polar surface area (TPSA) is 7.12 Å². The first-order valence-corrected chi connectivity index (χ1v) is 7.55. The molecular formula is C19H21N2+. The zero-order chi connectivity index (χ0) is 14.5. The molecule has 0 bridgehead atoms. The molecular weight excluding hydrogens is 256 g/mol. The largest absolute Gasteiger partial charge is 0.365 e. The first-order chi connectivity index (χ1) is 10.4. The van der Waals surface area contributed by atoms with Crippen LogP contribution in [0.3, 0.4) is 0 Å². The van der Waals surface area contributed by atoms with E-state index < -0.39 is 0 Å². The highest BCUT2D eigenvalue weighted by molar-refractivity contribution is 5.74. The van der Waals surface area contributed by atoms with Crippen molar-refractivity contribution in [1.82, 2.24) is 0 Å². The van der Waals surface area contributed by atoms with Crippen LogP contribution in [0.1, 0.15) is 6.92 Å². The van der Waals surface area contributed by atoms with E-state index in [1.165, 1.54) is 16.6 Å². The summed E-state index contributed by atoms with van der Waals surface area (Å²) in [5.41, 5.74) is 2.59. The molecule has 0 saturated carbocycles. The summed E-state index contributed by atoms with van der Waals surface area (Å²) in [6.07, 6.45) is 2.17. The number of likely N-dealkylation sites (N-methyl/N-ethyl adjacent to an activating group) is 1. The molecule has 21 heavy (non-hydrogen) atoms. The second-order valence-corrected chi connectivity index (χ2v) is 5.18. The van der Waals surface area contributed by atoms with E-state index in [9.17, 15) is 0 Å². The number of rotatable bonds is 5. The summed E-state index contributed by atoms with van der Waals surface area (Å²) >= 11 is 0. The van der Waals surface area contributed by atoms with Gasteiger partial charge in [0.05, 0.1) is 6.54 Å². The lowest BCUT2D eigenvalue weighted by Gasteiger charge is -2.21. The van der Waals surface area contributed by atoms with Gasteiger partial charge in [0.25, 0.3) is 0 Å². The second kappa shape index (κ2) is 6.40. The summed E-state index contributed by atoms with van der Waals surface area (Å²) < 4.78 is 2.33. The van der Waals surface area contributed by atoms with Gasteiger partial charge in [-0.25, -0.2) is 0 Å². The zero-order valence-electron chi connectivity index (χ0n) is 12.4. The minimum atomic E-state index is 0.990. The van der Waals surface area contributed by atoms with Crippen LogP contribution in [0.2, 0.25) is 0 Å². The molecule has 2 nitrogen and oxygen atoms in total. The number of hydrogen-bond acceptors (Lipinski definition) is 1. The fourth-order valence-electron chi connectivity index (χ4n) is 2.75. The number of pyridine rings is 1. The van der Waals surface area contributed by atoms with Crippen LogP contribution in [0.5, 0.6) is 0 Å². The van der Waals surface area contributed by atoms with Crippen molar-refractivity contribution in [2.45, 2.75) is 13.5 Å². The molecule has 3 aromatic rings. The van der Waals surface area contributed by atoms with Gasteiger partial charge in [-0.15, -0.1) is 0 Å². The third-order valence-electron chi connectivity index (χ3n) is 3.90. The van der Waals surface area contributed by atoms with Gasteiger partial charge < -0.3 is 4.90 Å². The summed E-state index contributed by atoms with van der Waals surface area (Å²) in [6.45, 7) is 5.24. The van der Waals surface area contributed by atoms with Crippen molar-refractivity contribution in [2.24, 2.45) is 0 Å². The van der Waals surface area contributed by atoms with E-state index in [-0.39, 0.29) is 0 Å². The van der Waals surface area contributed by atoms with E-state index in [2.05, 4.69) is 89.3 Å². The normalized spacial score (nSPS) is 10.7. The molecule has 1 heterocycles. The maximum atomic E-state index is 2.41. The molecule has 0 unspecified atom stereocenters. The average molecular weight is 277 g/mol. The molecule has 0 fully saturated rings. The molecule has 0 aliphatic heterocycles. The Kier molecular flexibility index (Phi) is 4.15. The fourth-order valence-corrected chi connectivity index (χ4v) is 2.75. The number of benzene rings is 2. The fraction of sp³-hybridized carbons (Fsp3) is 0.211. The first kappa shape index (κ1) is 13.6. The zero-order valence-corrected chi connectivity index (χ0v) is 12.4. The molecule has 0 spiro atoms. The van der Waals surface area contributed by atoms with E-state index in [1.807, 2.05) is 0 Å². The summed E-state index contributed by atoms with van der Waals surface area (Å²) in [7, 11) is 0. The van der Waals surface area contributed by atoms with Crippen LogP contribution < -0.4 is 9.47 Å². The van der Waals surface area contributed by atoms with E-state index in [0.717, 1.165) is 19.6 Å². The van der Waals surface area contributed by atoms with E-state index in [0.29, 0.717) is 0 Å². The summed E-state index contributed by atoms with van der Waals surface area (Å²) in [6, 6.07) is 23.5. The van der Waals surface area contributed by atoms with Gasteiger partial charge >= 0.3 is 0 Å². The molecule has 0 atom stereocenters. The Bertz CT molecular complexity index is 702. The Hall–Kier alpha value is -2.35. The smallest absolute Gasteiger partial charge is 0.212 e. The number of nitrogens with zero attached hydrogens (tertiary/aromatic N) is 2. The Morgan fingerprint density at radius 3 is 2.38 bits per heavy atom. The van der Waals surface area contributed by atoms with Crippen LogP contribution >= 0.6 is 0 Å². The Morgan fingerprint density at radius 1 is 0.857 bits per heavy atom. The van der Waals surface area contributed by atoms with Crippen molar-refractivity contribution in [3.63, 3.8) is 0 Å². The van der Waals surface area contributed by atoms with Crippen LogP contribution in [-0.4, -0.2) is 13.1 Å². The number of para-hydroxylation sites is 2. The summed E-state index contributed by atoms with van der Waals surface area (Å²) in [5.74, 6) is 0. The van der Waals surface area contributed by atoms with Gasteiger partial charge in [0.15, 0.2) is 12.7 Å². The molecule has 0 amide bonds. The highest BCUT2D eigenvalue weighted by Gasteiger charge is 2.10. The number of fused-ring (bicyclic) bond motifs is 1. The molecule has 0 saturated heterocycles. The Balaban J connectivity index is 1.79. The quantitative estimate of drug-likeness (QED) is 0.646. The van der Waals surface area contributed by atoms with Gasteiger partial charge in [0, 0.05) is 29.8 Å². The lowest BCUT2D eigenvalue weighted by Crippen LogP contribution is -2.41. The Morgan fingerprint density at radius 2 is 1.57 bits per heavy atom. The van der Waals surface area contributed by atoms with Crippen molar-refractivity contribution in [3.8, 4) is 0 Å². The molecule has 0 N–H and O–H groups in total. The molecule has 3 rings (SSSR count). The van der Waals surface area contributed by atoms with Crippen molar-refractivity contribution >= 4 is 16.6 Å². The van der Waals surface area contributed by atoms with Crippen molar-refractivity contribution in [1.29, 1.82) is 0 Å². The highest BCUT2D eigenvalue weighted by Crippen LogP contribution is 2.13. The average Bonchev–Trinajstić information content (AvgIpc) is 2.56. The monoisotopic (exact) mass is 277 g/mol. The number of hydrogen-bond donors (Lipinski definition) is 0. The molecule has 2 heteroatoms. The number of anilines is 1. The molecule has 0 aliphatic carbocycles. The standard InChI is InChI=1S/C19H21N2/c1-2-20(18-11-4-3-5-12-18)15-16-21-14-8-10-17-9-6-7-13-19(17)21/h3-14H,2,15-16H2,1H3/q+1. The maximum Gasteiger partial charge on any atom is 0.212 e. The summed E-state index contributed by atoms with van der Waals surface area (Å²) in [4.78, 5) is 2.41. The molecule has 106 valence electrons. The van der Waals surface area contributed by atoms with Crippen LogP contribution in [0.25, 0.3) is 10.9 Å². The van der Waals surface area contributed by atoms with E-state index >= 15 is 0 Å². The van der Waals surface area contributed by atoms with Crippen molar-refractivity contribution < 1.29 is 4.57 Å². The lowest BCUT2D eigenvalue weighted by molar-refractivity contribution is -0.668. The predicted molar refractivity (Wildman–Crippen MR) is 88.5 cm³/mol. The predicted octanol–water partition coefficient (Wildman–Crippen LogP) is 3.65. The number of aromatic nitrogens is 1. The lowest BCUT2D eigenvalue weighted by atomic mass is 10.2. The Labute approximate surface area is 126 Å². The van der Waals surface area contributed by atoms with Gasteiger partial charge in [0.1, 0.15) is 0 Å². The van der Waals surface area contributed by atoms with Crippen molar-refractivity contribution in [2.75, 3.05) is 18.0 Å². The third kappa shape index (κ3) is 3.05. The molecule has 0 aliphatic rings. The van der Waals surface area contributed by atoms with Gasteiger partial charge in [-0.3, -0.25) is 0 Å². The van der Waals surface area contributed by atoms with Gasteiger partial charge in [-0.2, -0.15) is 4.57 Å². The van der Waals surface area contributed by atoms with Crippen LogP contribution in [-0.2, 0) is 6.54 Å². The van der Waals surface area contributed by atoms with Crippen molar-refractivity contribution in [3.05, 3.63) is 72.9 Å². The summed E-state index contributed by atoms with van der Waals surface area (Å²) in [5, 5.41) is 1.29. The van der Waals surface area contributed by atoms with Crippen LogP contribution in [0, 0.1) is 0 Å². The molecule has 2 aromatic carbocycles. The first-order valence-electron chi connectivity index (χ1n) is 7.55. The minimum Gasteiger partial charge on any atom is -0.365 e. The second-order valence-electron chi connectivity index (χ2n) is 5.18. The minimum absolute atomic E-state index is 0.990. The van der Waals surface area contributed by atoms with E-state index in [1.54, 1.807) is 0 Å². The maximum absolute atomic E-state index is 2.41.